The minimum atomic E-state index is -4.35. The third-order valence-corrected chi connectivity index (χ3v) is 3.85. The van der Waals surface area contributed by atoms with Crippen LogP contribution >= 0.6 is 24.0 Å². The highest BCUT2D eigenvalue weighted by atomic mass is 127. The number of nitrogens with one attached hydrogen (secondary N) is 2. The maximum atomic E-state index is 12.2. The summed E-state index contributed by atoms with van der Waals surface area (Å²) in [5.74, 6) is 0.838. The molecule has 0 aromatic heterocycles. The molecule has 2 aromatic rings. The van der Waals surface area contributed by atoms with Gasteiger partial charge < -0.3 is 20.1 Å². The number of alkyl halides is 3. The molecule has 2 N–H and O–H groups in total. The van der Waals surface area contributed by atoms with Crippen molar-refractivity contribution in [1.82, 2.24) is 10.6 Å². The topological polar surface area (TPSA) is 54.9 Å². The van der Waals surface area contributed by atoms with Crippen molar-refractivity contribution in [2.45, 2.75) is 32.8 Å². The highest BCUT2D eigenvalue weighted by Crippen LogP contribution is 2.18. The van der Waals surface area contributed by atoms with E-state index in [0.29, 0.717) is 32.2 Å². The van der Waals surface area contributed by atoms with Crippen LogP contribution in [0.3, 0.4) is 0 Å². The number of rotatable bonds is 9. The molecule has 5 nitrogen and oxygen atoms in total. The zero-order valence-electron chi connectivity index (χ0n) is 17.0. The van der Waals surface area contributed by atoms with Crippen molar-refractivity contribution in [3.63, 3.8) is 0 Å². The van der Waals surface area contributed by atoms with Crippen LogP contribution in [0, 0.1) is 0 Å². The van der Waals surface area contributed by atoms with Gasteiger partial charge >= 0.3 is 6.18 Å². The number of hydrogen-bond donors (Lipinski definition) is 2. The summed E-state index contributed by atoms with van der Waals surface area (Å²) in [7, 11) is 1.66. The molecule has 2 rings (SSSR count). The normalized spacial score (nSPS) is 11.6. The van der Waals surface area contributed by atoms with Crippen LogP contribution in [0.1, 0.15) is 23.6 Å². The Morgan fingerprint density at radius 2 is 1.70 bits per heavy atom. The number of guanidine groups is 1. The first-order valence-electron chi connectivity index (χ1n) is 9.27. The third-order valence-electron chi connectivity index (χ3n) is 3.85. The molecule has 0 amide bonds. The Morgan fingerprint density at radius 3 is 2.33 bits per heavy atom. The van der Waals surface area contributed by atoms with E-state index in [0.717, 1.165) is 16.7 Å². The first-order chi connectivity index (χ1) is 13.9. The summed E-state index contributed by atoms with van der Waals surface area (Å²) in [6, 6.07) is 14.5. The van der Waals surface area contributed by atoms with Crippen LogP contribution in [0.5, 0.6) is 5.75 Å². The molecule has 0 atom stereocenters. The lowest BCUT2D eigenvalue weighted by Crippen LogP contribution is -2.36. The van der Waals surface area contributed by atoms with Gasteiger partial charge in [-0.1, -0.05) is 36.4 Å². The van der Waals surface area contributed by atoms with Gasteiger partial charge in [-0.3, -0.25) is 0 Å². The monoisotopic (exact) mass is 537 g/mol. The number of halogens is 4. The van der Waals surface area contributed by atoms with Crippen molar-refractivity contribution in [1.29, 1.82) is 0 Å². The Balaban J connectivity index is 0.00000450. The summed E-state index contributed by atoms with van der Waals surface area (Å²) in [6.07, 6.45) is -4.35. The molecule has 0 aliphatic rings. The van der Waals surface area contributed by atoms with Gasteiger partial charge in [-0.05, 0) is 35.7 Å². The van der Waals surface area contributed by atoms with E-state index in [1.54, 1.807) is 19.2 Å². The van der Waals surface area contributed by atoms with Crippen molar-refractivity contribution in [3.8, 4) is 5.75 Å². The average molecular weight is 537 g/mol. The first-order valence-corrected chi connectivity index (χ1v) is 9.27. The van der Waals surface area contributed by atoms with Crippen LogP contribution in [-0.4, -0.2) is 32.4 Å². The Hall–Kier alpha value is -2.01. The molecule has 0 saturated carbocycles. The number of ether oxygens (including phenoxy) is 2. The van der Waals surface area contributed by atoms with Gasteiger partial charge in [0, 0.05) is 20.2 Å². The van der Waals surface area contributed by atoms with Crippen LogP contribution in [0.4, 0.5) is 13.2 Å². The summed E-state index contributed by atoms with van der Waals surface area (Å²) in [5.41, 5.74) is 3.06. The lowest BCUT2D eigenvalue weighted by Gasteiger charge is -2.13. The van der Waals surface area contributed by atoms with E-state index in [9.17, 15) is 13.2 Å². The lowest BCUT2D eigenvalue weighted by molar-refractivity contribution is -0.153. The fourth-order valence-corrected chi connectivity index (χ4v) is 2.55. The largest absolute Gasteiger partial charge is 0.484 e. The molecular weight excluding hydrogens is 510 g/mol. The van der Waals surface area contributed by atoms with E-state index >= 15 is 0 Å². The van der Waals surface area contributed by atoms with E-state index in [4.69, 9.17) is 9.47 Å². The molecule has 30 heavy (non-hydrogen) atoms. The first kappa shape index (κ1) is 26.0. The third kappa shape index (κ3) is 10.1. The molecular formula is C21H27F3IN3O2. The van der Waals surface area contributed by atoms with Crippen LogP contribution in [0.15, 0.2) is 53.5 Å². The minimum absolute atomic E-state index is 0. The number of methoxy groups -OCH3 is 1. The molecule has 2 aromatic carbocycles. The van der Waals surface area contributed by atoms with Gasteiger partial charge in [-0.25, -0.2) is 4.99 Å². The van der Waals surface area contributed by atoms with Gasteiger partial charge in [0.05, 0.1) is 13.2 Å². The number of benzene rings is 2. The molecule has 0 fully saturated rings. The van der Waals surface area contributed by atoms with Crippen molar-refractivity contribution in [2.75, 3.05) is 20.3 Å². The maximum absolute atomic E-state index is 12.2. The predicted octanol–water partition coefficient (Wildman–Crippen LogP) is 4.65. The summed E-state index contributed by atoms with van der Waals surface area (Å²) >= 11 is 0. The minimum Gasteiger partial charge on any atom is -0.484 e. The molecule has 0 heterocycles. The van der Waals surface area contributed by atoms with Crippen LogP contribution < -0.4 is 15.4 Å². The lowest BCUT2D eigenvalue weighted by atomic mass is 10.1. The molecule has 0 saturated heterocycles. The van der Waals surface area contributed by atoms with E-state index in [-0.39, 0.29) is 29.7 Å². The summed E-state index contributed by atoms with van der Waals surface area (Å²) < 4.78 is 46.5. The standard InChI is InChI=1S/C21H26F3N3O2.HI/c1-3-25-20(27-13-17-5-4-6-18(11-17)14-28-2)26-12-16-7-9-19(10-8-16)29-15-21(22,23)24;/h4-11H,3,12-15H2,1-2H3,(H2,25,26,27);1H. The molecule has 0 aliphatic carbocycles. The summed E-state index contributed by atoms with van der Waals surface area (Å²) in [6.45, 7) is 2.93. The van der Waals surface area contributed by atoms with Crippen LogP contribution in [-0.2, 0) is 24.4 Å². The Kier molecular flexibility index (Phi) is 11.6. The fourth-order valence-electron chi connectivity index (χ4n) is 2.55. The second kappa shape index (κ2) is 13.3. The maximum Gasteiger partial charge on any atom is 0.422 e. The zero-order valence-corrected chi connectivity index (χ0v) is 19.3. The Bertz CT molecular complexity index is 784. The number of aliphatic imine (C=N–C) groups is 1. The molecule has 0 aliphatic heterocycles. The summed E-state index contributed by atoms with van der Waals surface area (Å²) in [5, 5.41) is 6.39. The molecule has 166 valence electrons. The average Bonchev–Trinajstić information content (AvgIpc) is 2.69. The van der Waals surface area contributed by atoms with E-state index in [1.165, 1.54) is 12.1 Å². The van der Waals surface area contributed by atoms with Crippen LogP contribution in [0.2, 0.25) is 0 Å². The van der Waals surface area contributed by atoms with E-state index in [1.807, 2.05) is 25.1 Å². The highest BCUT2D eigenvalue weighted by molar-refractivity contribution is 14.0. The van der Waals surface area contributed by atoms with E-state index < -0.39 is 12.8 Å². The quantitative estimate of drug-likeness (QED) is 0.278. The van der Waals surface area contributed by atoms with Gasteiger partial charge in [0.25, 0.3) is 0 Å². The molecule has 0 spiro atoms. The fraction of sp³-hybridized carbons (Fsp3) is 0.381. The van der Waals surface area contributed by atoms with Crippen molar-refractivity contribution >= 4 is 29.9 Å². The Morgan fingerprint density at radius 1 is 1.00 bits per heavy atom. The smallest absolute Gasteiger partial charge is 0.422 e. The van der Waals surface area contributed by atoms with Gasteiger partial charge in [0.2, 0.25) is 0 Å². The van der Waals surface area contributed by atoms with Crippen LogP contribution in [0.25, 0.3) is 0 Å². The van der Waals surface area contributed by atoms with Crippen molar-refractivity contribution < 1.29 is 22.6 Å². The number of nitrogens with zero attached hydrogens (tertiary/aromatic N) is 1. The number of hydrogen-bond acceptors (Lipinski definition) is 3. The SMILES string of the molecule is CCNC(=NCc1cccc(COC)c1)NCc1ccc(OCC(F)(F)F)cc1.I. The van der Waals surface area contributed by atoms with Gasteiger partial charge in [0.15, 0.2) is 12.6 Å². The highest BCUT2D eigenvalue weighted by Gasteiger charge is 2.28. The predicted molar refractivity (Wildman–Crippen MR) is 122 cm³/mol. The molecule has 0 bridgehead atoms. The summed E-state index contributed by atoms with van der Waals surface area (Å²) in [4.78, 5) is 4.58. The second-order valence-electron chi connectivity index (χ2n) is 6.35. The Labute approximate surface area is 192 Å². The van der Waals surface area contributed by atoms with Crippen molar-refractivity contribution in [3.05, 3.63) is 65.2 Å². The molecule has 0 unspecified atom stereocenters. The second-order valence-corrected chi connectivity index (χ2v) is 6.35. The van der Waals surface area contributed by atoms with Gasteiger partial charge in [-0.15, -0.1) is 24.0 Å². The molecule has 0 radical (unpaired) electrons. The van der Waals surface area contributed by atoms with E-state index in [2.05, 4.69) is 21.7 Å². The van der Waals surface area contributed by atoms with Gasteiger partial charge in [0.1, 0.15) is 5.75 Å². The van der Waals surface area contributed by atoms with Crippen molar-refractivity contribution in [2.24, 2.45) is 4.99 Å². The molecule has 9 heteroatoms. The zero-order chi connectivity index (χ0) is 21.1. The van der Waals surface area contributed by atoms with Gasteiger partial charge in [-0.2, -0.15) is 13.2 Å².